The molecule has 2 aliphatic rings. The largest absolute Gasteiger partial charge is 0.354 e. The molecule has 0 aromatic carbocycles. The first-order valence-electron chi connectivity index (χ1n) is 9.26. The van der Waals surface area contributed by atoms with Crippen LogP contribution in [0.4, 0.5) is 0 Å². The summed E-state index contributed by atoms with van der Waals surface area (Å²) in [4.78, 5) is 24.0. The van der Waals surface area contributed by atoms with Gasteiger partial charge in [0.1, 0.15) is 0 Å². The molecule has 0 radical (unpaired) electrons. The van der Waals surface area contributed by atoms with Crippen molar-refractivity contribution in [3.63, 3.8) is 0 Å². The van der Waals surface area contributed by atoms with Crippen molar-refractivity contribution in [1.29, 1.82) is 0 Å². The number of piperidine rings is 1. The average molecular weight is 401 g/mol. The molecule has 0 bridgehead atoms. The molecule has 3 rings (SSSR count). The molecule has 1 aromatic heterocycles. The van der Waals surface area contributed by atoms with Crippen LogP contribution in [0, 0.1) is 0 Å². The van der Waals surface area contributed by atoms with Crippen LogP contribution in [0.5, 0.6) is 0 Å². The zero-order valence-corrected chi connectivity index (χ0v) is 16.4. The monoisotopic (exact) mass is 400 g/mol. The quantitative estimate of drug-likeness (QED) is 0.519. The Morgan fingerprint density at radius 1 is 1.22 bits per heavy atom. The lowest BCUT2D eigenvalue weighted by atomic mass is 9.91. The van der Waals surface area contributed by atoms with Crippen molar-refractivity contribution in [2.75, 3.05) is 19.3 Å². The third kappa shape index (κ3) is 7.77. The summed E-state index contributed by atoms with van der Waals surface area (Å²) in [7, 11) is -3.67. The van der Waals surface area contributed by atoms with E-state index in [9.17, 15) is 18.0 Å². The van der Waals surface area contributed by atoms with Crippen molar-refractivity contribution in [2.24, 2.45) is 0 Å². The number of H-pyrrole nitrogens is 1. The van der Waals surface area contributed by atoms with Crippen LogP contribution in [0.15, 0.2) is 4.79 Å². The molecule has 2 heterocycles. The van der Waals surface area contributed by atoms with Gasteiger partial charge in [0.2, 0.25) is 5.91 Å². The summed E-state index contributed by atoms with van der Waals surface area (Å²) >= 11 is 0. The van der Waals surface area contributed by atoms with E-state index in [-0.39, 0.29) is 17.9 Å². The zero-order valence-electron chi connectivity index (χ0n) is 15.6. The highest BCUT2D eigenvalue weighted by Crippen LogP contribution is 2.20. The molecule has 0 spiro atoms. The first-order chi connectivity index (χ1) is 12.7. The summed E-state index contributed by atoms with van der Waals surface area (Å²) in [5, 5.41) is 13.1. The van der Waals surface area contributed by atoms with Crippen LogP contribution in [0.2, 0.25) is 0 Å². The topological polar surface area (TPSA) is 141 Å². The van der Waals surface area contributed by atoms with Crippen molar-refractivity contribution in [1.82, 2.24) is 20.8 Å². The van der Waals surface area contributed by atoms with Crippen molar-refractivity contribution >= 4 is 16.0 Å². The van der Waals surface area contributed by atoms with Crippen molar-refractivity contribution in [2.45, 2.75) is 57.4 Å². The van der Waals surface area contributed by atoms with Crippen molar-refractivity contribution in [3.05, 3.63) is 27.2 Å². The minimum atomic E-state index is -3.67. The maximum absolute atomic E-state index is 12.2. The number of nitrogens with one attached hydrogen (secondary N) is 3. The van der Waals surface area contributed by atoms with Crippen molar-refractivity contribution < 1.29 is 17.8 Å². The molecule has 0 saturated carbocycles. The summed E-state index contributed by atoms with van der Waals surface area (Å²) in [6.07, 6.45) is 8.30. The average Bonchev–Trinajstić information content (AvgIpc) is 2.62. The van der Waals surface area contributed by atoms with E-state index >= 15 is 0 Å². The lowest BCUT2D eigenvalue weighted by molar-refractivity contribution is -0.120. The predicted octanol–water partition coefficient (Wildman–Crippen LogP) is -0.0465. The van der Waals surface area contributed by atoms with Gasteiger partial charge in [0, 0.05) is 18.2 Å². The van der Waals surface area contributed by atoms with Gasteiger partial charge < -0.3 is 10.6 Å². The van der Waals surface area contributed by atoms with Gasteiger partial charge in [-0.3, -0.25) is 14.1 Å². The first kappa shape index (κ1) is 21.5. The Labute approximate surface area is 159 Å². The Balaban J connectivity index is 0.000000465. The number of amides is 1. The molecule has 152 valence electrons. The van der Waals surface area contributed by atoms with E-state index in [0.717, 1.165) is 55.5 Å². The number of carbonyl (C=O) groups is 1. The standard InChI is InChI=1S/C16H24N4O2.CH4O3S/c21-15(18-10-11-5-3-4-8-17-11)9-14-12-6-1-2-7-13(12)16(22)20-19-14;1-5(2,3)4/h11,17H,1-10H2,(H,18,21)(H,20,22);1H3,(H,2,3,4). The second kappa shape index (κ2) is 9.95. The fourth-order valence-corrected chi connectivity index (χ4v) is 3.42. The van der Waals surface area contributed by atoms with Gasteiger partial charge in [-0.25, -0.2) is 5.10 Å². The number of carbonyl (C=O) groups excluding carboxylic acids is 1. The third-order valence-electron chi connectivity index (χ3n) is 4.67. The molecular weight excluding hydrogens is 372 g/mol. The van der Waals surface area contributed by atoms with Gasteiger partial charge in [-0.1, -0.05) is 6.42 Å². The molecule has 1 saturated heterocycles. The number of rotatable bonds is 4. The number of hydrogen-bond donors (Lipinski definition) is 4. The highest BCUT2D eigenvalue weighted by Gasteiger charge is 2.20. The fraction of sp³-hybridized carbons (Fsp3) is 0.706. The van der Waals surface area contributed by atoms with Gasteiger partial charge in [-0.2, -0.15) is 13.5 Å². The molecule has 1 unspecified atom stereocenters. The molecule has 1 atom stereocenters. The molecule has 1 fully saturated rings. The number of nitrogens with zero attached hydrogens (tertiary/aromatic N) is 1. The minimum absolute atomic E-state index is 0.0142. The van der Waals surface area contributed by atoms with Crippen molar-refractivity contribution in [3.8, 4) is 0 Å². The molecule has 9 nitrogen and oxygen atoms in total. The van der Waals surface area contributed by atoms with E-state index in [2.05, 4.69) is 20.8 Å². The van der Waals surface area contributed by atoms with Crippen LogP contribution in [0.1, 0.15) is 48.9 Å². The Bertz CT molecular complexity index is 792. The van der Waals surface area contributed by atoms with Gasteiger partial charge in [-0.15, -0.1) is 0 Å². The smallest absolute Gasteiger partial charge is 0.267 e. The summed E-state index contributed by atoms with van der Waals surface area (Å²) in [6.45, 7) is 1.71. The SMILES string of the molecule is CS(=O)(=O)O.O=C(Cc1n[nH]c(=O)c2c1CCCC2)NCC1CCCCN1. The Morgan fingerprint density at radius 3 is 2.52 bits per heavy atom. The van der Waals surface area contributed by atoms with E-state index in [4.69, 9.17) is 4.55 Å². The lowest BCUT2D eigenvalue weighted by Crippen LogP contribution is -2.44. The van der Waals surface area contributed by atoms with E-state index in [0.29, 0.717) is 18.8 Å². The van der Waals surface area contributed by atoms with E-state index < -0.39 is 10.1 Å². The molecule has 1 aliphatic heterocycles. The van der Waals surface area contributed by atoms with E-state index in [1.165, 1.54) is 12.8 Å². The lowest BCUT2D eigenvalue weighted by Gasteiger charge is -2.23. The minimum Gasteiger partial charge on any atom is -0.354 e. The summed E-state index contributed by atoms with van der Waals surface area (Å²) in [5.74, 6) is -0.0142. The number of fused-ring (bicyclic) bond motifs is 1. The number of aromatic nitrogens is 2. The Kier molecular flexibility index (Phi) is 7.93. The molecule has 1 aromatic rings. The van der Waals surface area contributed by atoms with Gasteiger partial charge >= 0.3 is 0 Å². The van der Waals surface area contributed by atoms with Gasteiger partial charge in [-0.05, 0) is 50.6 Å². The second-order valence-corrected chi connectivity index (χ2v) is 8.49. The van der Waals surface area contributed by atoms with Crippen LogP contribution in [0.3, 0.4) is 0 Å². The van der Waals surface area contributed by atoms with Crippen LogP contribution in [0.25, 0.3) is 0 Å². The third-order valence-corrected chi connectivity index (χ3v) is 4.67. The zero-order chi connectivity index (χ0) is 19.9. The van der Waals surface area contributed by atoms with Crippen LogP contribution < -0.4 is 16.2 Å². The fourth-order valence-electron chi connectivity index (χ4n) is 3.42. The van der Waals surface area contributed by atoms with Gasteiger partial charge in [0.05, 0.1) is 18.4 Å². The highest BCUT2D eigenvalue weighted by atomic mass is 32.2. The number of aromatic amines is 1. The normalized spacial score (nSPS) is 19.4. The summed E-state index contributed by atoms with van der Waals surface area (Å²) < 4.78 is 25.9. The maximum Gasteiger partial charge on any atom is 0.267 e. The second-order valence-electron chi connectivity index (χ2n) is 7.02. The van der Waals surface area contributed by atoms with Crippen LogP contribution in [-0.4, -0.2) is 54.5 Å². The van der Waals surface area contributed by atoms with Crippen LogP contribution in [-0.2, 0) is 34.2 Å². The predicted molar refractivity (Wildman–Crippen MR) is 101 cm³/mol. The Morgan fingerprint density at radius 2 is 1.89 bits per heavy atom. The van der Waals surface area contributed by atoms with Gasteiger partial charge in [0.15, 0.2) is 0 Å². The van der Waals surface area contributed by atoms with E-state index in [1.54, 1.807) is 0 Å². The summed E-state index contributed by atoms with van der Waals surface area (Å²) in [5.41, 5.74) is 2.48. The van der Waals surface area contributed by atoms with Crippen LogP contribution >= 0.6 is 0 Å². The first-order valence-corrected chi connectivity index (χ1v) is 11.1. The van der Waals surface area contributed by atoms with E-state index in [1.807, 2.05) is 0 Å². The molecule has 27 heavy (non-hydrogen) atoms. The molecule has 4 N–H and O–H groups in total. The summed E-state index contributed by atoms with van der Waals surface area (Å²) in [6, 6.07) is 0.384. The van der Waals surface area contributed by atoms with Gasteiger partial charge in [0.25, 0.3) is 15.7 Å². The molecular formula is C17H28N4O5S. The number of hydrogen-bond acceptors (Lipinski definition) is 6. The Hall–Kier alpha value is -1.78. The molecule has 1 aliphatic carbocycles. The molecule has 10 heteroatoms. The maximum atomic E-state index is 12.2. The highest BCUT2D eigenvalue weighted by molar-refractivity contribution is 7.85. The molecule has 1 amide bonds.